The maximum atomic E-state index is 14.8. The number of piperidine rings is 1. The number of aliphatic hydroxyl groups is 1. The Kier molecular flexibility index (Phi) is 8.22. The van der Waals surface area contributed by atoms with E-state index in [1.807, 2.05) is 0 Å². The molecule has 0 bridgehead atoms. The van der Waals surface area contributed by atoms with E-state index in [4.69, 9.17) is 4.74 Å². The highest BCUT2D eigenvalue weighted by atomic mass is 32.2. The minimum absolute atomic E-state index is 0.0233. The molecule has 2 aliphatic rings. The number of rotatable bonds is 7. The fourth-order valence-corrected chi connectivity index (χ4v) is 8.20. The first-order chi connectivity index (χ1) is 21.2. The molecule has 2 fully saturated rings. The highest BCUT2D eigenvalue weighted by Crippen LogP contribution is 2.32. The number of benzene rings is 2. The van der Waals surface area contributed by atoms with Crippen LogP contribution in [0.1, 0.15) is 19.3 Å². The van der Waals surface area contributed by atoms with Crippen molar-refractivity contribution < 1.29 is 27.6 Å². The predicted molar refractivity (Wildman–Crippen MR) is 161 cm³/mol. The smallest absolute Gasteiger partial charge is 0.239 e. The van der Waals surface area contributed by atoms with Crippen LogP contribution in [-0.2, 0) is 14.5 Å². The number of anilines is 2. The van der Waals surface area contributed by atoms with Crippen LogP contribution in [0.5, 0.6) is 5.75 Å². The fourth-order valence-electron chi connectivity index (χ4n) is 5.93. The number of hydrogen-bond acceptors (Lipinski definition) is 9. The Bertz CT molecular complexity index is 1820. The first-order valence-electron chi connectivity index (χ1n) is 14.3. The number of carbonyl (C=O) groups excluding carboxylic acids is 1. The van der Waals surface area contributed by atoms with Gasteiger partial charge in [0.1, 0.15) is 0 Å². The summed E-state index contributed by atoms with van der Waals surface area (Å²) >= 11 is 0. The number of hydrogen-bond donors (Lipinski definition) is 3. The zero-order chi connectivity index (χ0) is 31.0. The lowest BCUT2D eigenvalue weighted by atomic mass is 10.1. The highest BCUT2D eigenvalue weighted by molar-refractivity contribution is 7.94. The number of halogens is 2. The average Bonchev–Trinajstić information content (AvgIpc) is 3.69. The van der Waals surface area contributed by atoms with E-state index in [0.717, 1.165) is 0 Å². The summed E-state index contributed by atoms with van der Waals surface area (Å²) < 4.78 is 54.2. The first-order valence-corrected chi connectivity index (χ1v) is 15.9. The fraction of sp³-hybridized carbons (Fsp3) is 0.367. The molecule has 0 saturated carbocycles. The van der Waals surface area contributed by atoms with Crippen LogP contribution in [0.3, 0.4) is 0 Å². The second-order valence-corrected chi connectivity index (χ2v) is 13.5. The van der Waals surface area contributed by atoms with Crippen LogP contribution < -0.4 is 15.4 Å². The molecule has 44 heavy (non-hydrogen) atoms. The van der Waals surface area contributed by atoms with Gasteiger partial charge in [0.2, 0.25) is 11.7 Å². The summed E-state index contributed by atoms with van der Waals surface area (Å²) in [7, 11) is 0.0824. The van der Waals surface area contributed by atoms with Gasteiger partial charge in [0.25, 0.3) is 0 Å². The Labute approximate surface area is 253 Å². The van der Waals surface area contributed by atoms with Crippen molar-refractivity contribution in [1.29, 1.82) is 0 Å². The van der Waals surface area contributed by atoms with Crippen molar-refractivity contribution in [3.05, 3.63) is 66.6 Å². The standard InChI is InChI=1S/C30H33F2N7O4S/c1-33-44(42,21-9-12-38(13-10-21)30(41)23-15-19(40)16-35-23)20-5-3-18(4-6-20)37-28-29-36-17-24(39(29)14-11-34-28)22-7-8-25(43-2)27(32)26(22)31/h3-8,11,14,17,19,21,23,35,40H,9-10,12-13,15-16H2,1-2H3,(H,34,37)/t19-,23+,44?/m1/s1. The van der Waals surface area contributed by atoms with E-state index in [1.165, 1.54) is 31.6 Å². The van der Waals surface area contributed by atoms with E-state index < -0.39 is 27.5 Å². The largest absolute Gasteiger partial charge is 0.494 e. The molecule has 0 spiro atoms. The summed E-state index contributed by atoms with van der Waals surface area (Å²) in [6.45, 7) is 1.39. The molecule has 1 unspecified atom stereocenters. The Morgan fingerprint density at radius 1 is 1.14 bits per heavy atom. The number of imidazole rings is 1. The number of fused-ring (bicyclic) bond motifs is 1. The molecule has 2 aromatic carbocycles. The van der Waals surface area contributed by atoms with E-state index in [2.05, 4.69) is 25.0 Å². The highest BCUT2D eigenvalue weighted by Gasteiger charge is 2.35. The number of likely N-dealkylation sites (tertiary alicyclic amines) is 1. The number of methoxy groups -OCH3 is 1. The monoisotopic (exact) mass is 625 g/mol. The van der Waals surface area contributed by atoms with Gasteiger partial charge in [-0.25, -0.2) is 22.9 Å². The molecular formula is C30H33F2N7O4S. The molecule has 3 N–H and O–H groups in total. The Balaban J connectivity index is 1.17. The average molecular weight is 626 g/mol. The van der Waals surface area contributed by atoms with E-state index in [0.29, 0.717) is 66.6 Å². The molecule has 4 aromatic rings. The normalized spacial score (nSPS) is 20.4. The molecule has 1 amide bonds. The minimum Gasteiger partial charge on any atom is -0.494 e. The summed E-state index contributed by atoms with van der Waals surface area (Å²) in [5, 5.41) is 15.8. The topological polar surface area (TPSA) is 133 Å². The molecular weight excluding hydrogens is 592 g/mol. The Morgan fingerprint density at radius 3 is 2.55 bits per heavy atom. The molecule has 2 saturated heterocycles. The van der Waals surface area contributed by atoms with E-state index >= 15 is 0 Å². The number of aliphatic hydroxyl groups excluding tert-OH is 1. The molecule has 2 aromatic heterocycles. The molecule has 14 heteroatoms. The summed E-state index contributed by atoms with van der Waals surface area (Å²) in [5.74, 6) is -1.94. The molecule has 3 atom stereocenters. The van der Waals surface area contributed by atoms with Gasteiger partial charge in [0.05, 0.1) is 46.1 Å². The van der Waals surface area contributed by atoms with Crippen LogP contribution >= 0.6 is 0 Å². The third kappa shape index (κ3) is 5.37. The molecule has 6 rings (SSSR count). The number of nitrogens with zero attached hydrogens (tertiary/aromatic N) is 5. The van der Waals surface area contributed by atoms with Crippen molar-refractivity contribution in [1.82, 2.24) is 24.6 Å². The van der Waals surface area contributed by atoms with Gasteiger partial charge in [0.15, 0.2) is 23.0 Å². The Hall–Kier alpha value is -4.14. The minimum atomic E-state index is -2.75. The van der Waals surface area contributed by atoms with Gasteiger partial charge in [-0.15, -0.1) is 0 Å². The number of ether oxygens (including phenoxy) is 1. The summed E-state index contributed by atoms with van der Waals surface area (Å²) in [6.07, 6.45) is 5.60. The number of aromatic nitrogens is 3. The number of carbonyl (C=O) groups is 1. The van der Waals surface area contributed by atoms with E-state index in [1.54, 1.807) is 46.8 Å². The summed E-state index contributed by atoms with van der Waals surface area (Å²) in [6, 6.07) is 9.52. The summed E-state index contributed by atoms with van der Waals surface area (Å²) in [4.78, 5) is 24.0. The zero-order valence-corrected chi connectivity index (χ0v) is 25.1. The number of nitrogens with one attached hydrogen (secondary N) is 2. The first kappa shape index (κ1) is 29.9. The van der Waals surface area contributed by atoms with Crippen molar-refractivity contribution >= 4 is 32.8 Å². The van der Waals surface area contributed by atoms with Crippen molar-refractivity contribution in [2.24, 2.45) is 4.36 Å². The molecule has 0 aliphatic carbocycles. The lowest BCUT2D eigenvalue weighted by Crippen LogP contribution is -2.48. The third-order valence-electron chi connectivity index (χ3n) is 8.31. The maximum Gasteiger partial charge on any atom is 0.239 e. The molecule has 232 valence electrons. The second-order valence-electron chi connectivity index (χ2n) is 10.8. The van der Waals surface area contributed by atoms with Crippen LogP contribution in [0.25, 0.3) is 16.9 Å². The quantitative estimate of drug-likeness (QED) is 0.284. The number of amides is 1. The molecule has 2 aliphatic heterocycles. The van der Waals surface area contributed by atoms with Gasteiger partial charge >= 0.3 is 0 Å². The van der Waals surface area contributed by atoms with Gasteiger partial charge in [0, 0.05) is 55.2 Å². The number of β-amino-alcohol motifs (C(OH)–C–C–N with tert-alkyl or cyclic N) is 1. The van der Waals surface area contributed by atoms with Gasteiger partial charge < -0.3 is 25.4 Å². The predicted octanol–water partition coefficient (Wildman–Crippen LogP) is 3.60. The van der Waals surface area contributed by atoms with Gasteiger partial charge in [-0.3, -0.25) is 9.20 Å². The molecule has 0 radical (unpaired) electrons. The van der Waals surface area contributed by atoms with Crippen LogP contribution in [0.4, 0.5) is 20.3 Å². The van der Waals surface area contributed by atoms with Crippen molar-refractivity contribution in [2.45, 2.75) is 41.6 Å². The van der Waals surface area contributed by atoms with Crippen LogP contribution in [0.2, 0.25) is 0 Å². The van der Waals surface area contributed by atoms with E-state index in [9.17, 15) is 22.9 Å². The van der Waals surface area contributed by atoms with Crippen LogP contribution in [0, 0.1) is 11.6 Å². The van der Waals surface area contributed by atoms with Gasteiger partial charge in [-0.05, 0) is 55.7 Å². The van der Waals surface area contributed by atoms with Crippen molar-refractivity contribution in [3.8, 4) is 17.0 Å². The second kappa shape index (κ2) is 12.1. The lowest BCUT2D eigenvalue weighted by molar-refractivity contribution is -0.134. The summed E-state index contributed by atoms with van der Waals surface area (Å²) in [5.41, 5.74) is 1.43. The van der Waals surface area contributed by atoms with Crippen molar-refractivity contribution in [2.75, 3.05) is 39.1 Å². The molecule has 11 nitrogen and oxygen atoms in total. The zero-order valence-electron chi connectivity index (χ0n) is 24.2. The van der Waals surface area contributed by atoms with Crippen LogP contribution in [-0.4, -0.2) is 85.7 Å². The SMILES string of the molecule is CN=S(=O)(c1ccc(Nc2nccn3c(-c4ccc(OC)c(F)c4F)cnc23)cc1)C1CCN(C(=O)[C@@H]2C[C@@H](O)CN2)CC1. The van der Waals surface area contributed by atoms with Gasteiger partial charge in [-0.1, -0.05) is 0 Å². The van der Waals surface area contributed by atoms with Crippen molar-refractivity contribution in [3.63, 3.8) is 0 Å². The van der Waals surface area contributed by atoms with Crippen LogP contribution in [0.15, 0.2) is 64.2 Å². The van der Waals surface area contributed by atoms with E-state index in [-0.39, 0.29) is 28.5 Å². The molecule has 4 heterocycles. The lowest BCUT2D eigenvalue weighted by Gasteiger charge is -2.34. The maximum absolute atomic E-state index is 14.8. The Morgan fingerprint density at radius 2 is 1.89 bits per heavy atom. The van der Waals surface area contributed by atoms with Gasteiger partial charge in [-0.2, -0.15) is 4.39 Å². The third-order valence-corrected chi connectivity index (χ3v) is 11.2.